The quantitative estimate of drug-likeness (QED) is 0.514. The largest absolute Gasteiger partial charge is 0.378 e. The van der Waals surface area contributed by atoms with Crippen molar-refractivity contribution >= 4 is 23.1 Å². The lowest BCUT2D eigenvalue weighted by atomic mass is 10.1. The Bertz CT molecular complexity index is 1100. The lowest BCUT2D eigenvalue weighted by molar-refractivity contribution is 0.122. The second-order valence-corrected chi connectivity index (χ2v) is 7.20. The van der Waals surface area contributed by atoms with Gasteiger partial charge in [0, 0.05) is 35.3 Å². The molecule has 2 aromatic carbocycles. The van der Waals surface area contributed by atoms with E-state index >= 15 is 0 Å². The van der Waals surface area contributed by atoms with E-state index < -0.39 is 0 Å². The second-order valence-electron chi connectivity index (χ2n) is 6.77. The fourth-order valence-corrected chi connectivity index (χ4v) is 3.68. The zero-order valence-corrected chi connectivity index (χ0v) is 16.0. The molecule has 140 valence electrons. The number of ether oxygens (including phenoxy) is 1. The van der Waals surface area contributed by atoms with Gasteiger partial charge in [0.25, 0.3) is 0 Å². The molecule has 5 nitrogen and oxygen atoms in total. The van der Waals surface area contributed by atoms with Crippen molar-refractivity contribution in [3.05, 3.63) is 71.9 Å². The number of halogens is 1. The molecule has 0 spiro atoms. The van der Waals surface area contributed by atoms with Crippen LogP contribution in [0.15, 0.2) is 66.9 Å². The summed E-state index contributed by atoms with van der Waals surface area (Å²) >= 11 is 6.07. The molecule has 5 rings (SSSR count). The van der Waals surface area contributed by atoms with Crippen LogP contribution in [0, 0.1) is 0 Å². The number of benzene rings is 2. The molecule has 0 radical (unpaired) electrons. The number of anilines is 1. The highest BCUT2D eigenvalue weighted by Gasteiger charge is 2.19. The van der Waals surface area contributed by atoms with Crippen LogP contribution < -0.4 is 4.90 Å². The van der Waals surface area contributed by atoms with E-state index in [9.17, 15) is 0 Å². The van der Waals surface area contributed by atoms with Gasteiger partial charge in [-0.1, -0.05) is 54.1 Å². The van der Waals surface area contributed by atoms with E-state index in [0.29, 0.717) is 5.02 Å². The van der Waals surface area contributed by atoms with E-state index in [-0.39, 0.29) is 0 Å². The molecule has 0 atom stereocenters. The van der Waals surface area contributed by atoms with Crippen LogP contribution in [0.5, 0.6) is 0 Å². The first-order chi connectivity index (χ1) is 13.8. The smallest absolute Gasteiger partial charge is 0.165 e. The highest BCUT2D eigenvalue weighted by molar-refractivity contribution is 6.30. The summed E-state index contributed by atoms with van der Waals surface area (Å²) in [6.07, 6.45) is 1.88. The molecule has 0 bridgehead atoms. The molecule has 4 aromatic rings. The number of nitrogens with zero attached hydrogens (tertiary/aromatic N) is 4. The maximum atomic E-state index is 6.07. The zero-order chi connectivity index (χ0) is 18.9. The van der Waals surface area contributed by atoms with Gasteiger partial charge in [-0.25, -0.2) is 4.98 Å². The molecular formula is C22H19ClN4O. The first-order valence-electron chi connectivity index (χ1n) is 9.32. The highest BCUT2D eigenvalue weighted by atomic mass is 35.5. The van der Waals surface area contributed by atoms with Crippen molar-refractivity contribution in [3.8, 4) is 22.4 Å². The molecule has 0 amide bonds. The van der Waals surface area contributed by atoms with Gasteiger partial charge in [0.05, 0.1) is 25.1 Å². The number of hydrogen-bond donors (Lipinski definition) is 0. The monoisotopic (exact) mass is 390 g/mol. The average Bonchev–Trinajstić information content (AvgIpc) is 3.19. The highest BCUT2D eigenvalue weighted by Crippen LogP contribution is 2.31. The number of fused-ring (bicyclic) bond motifs is 1. The Morgan fingerprint density at radius 1 is 0.893 bits per heavy atom. The van der Waals surface area contributed by atoms with Crippen LogP contribution in [0.2, 0.25) is 5.02 Å². The molecular weight excluding hydrogens is 372 g/mol. The number of hydrogen-bond acceptors (Lipinski definition) is 4. The third-order valence-electron chi connectivity index (χ3n) is 5.01. The van der Waals surface area contributed by atoms with E-state index in [0.717, 1.165) is 60.2 Å². The van der Waals surface area contributed by atoms with Crippen LogP contribution >= 0.6 is 11.6 Å². The molecule has 1 saturated heterocycles. The van der Waals surface area contributed by atoms with Crippen LogP contribution in [0.1, 0.15) is 0 Å². The summed E-state index contributed by atoms with van der Waals surface area (Å²) in [4.78, 5) is 7.28. The van der Waals surface area contributed by atoms with Crippen LogP contribution in [0.4, 0.5) is 5.82 Å². The summed E-state index contributed by atoms with van der Waals surface area (Å²) in [7, 11) is 0. The molecule has 3 heterocycles. The minimum absolute atomic E-state index is 0.715. The molecule has 0 aliphatic carbocycles. The summed E-state index contributed by atoms with van der Waals surface area (Å²) in [5, 5.41) is 5.38. The number of rotatable bonds is 3. The first-order valence-corrected chi connectivity index (χ1v) is 9.70. The minimum Gasteiger partial charge on any atom is -0.378 e. The summed E-state index contributed by atoms with van der Waals surface area (Å²) < 4.78 is 7.47. The van der Waals surface area contributed by atoms with Gasteiger partial charge in [-0.05, 0) is 17.7 Å². The summed E-state index contributed by atoms with van der Waals surface area (Å²) in [5.74, 6) is 1.03. The Balaban J connectivity index is 1.72. The zero-order valence-electron chi connectivity index (χ0n) is 15.3. The van der Waals surface area contributed by atoms with Gasteiger partial charge in [-0.3, -0.25) is 0 Å². The maximum absolute atomic E-state index is 6.07. The van der Waals surface area contributed by atoms with Crippen molar-refractivity contribution in [1.82, 2.24) is 14.6 Å². The summed E-state index contributed by atoms with van der Waals surface area (Å²) in [6, 6.07) is 20.2. The van der Waals surface area contributed by atoms with Crippen molar-refractivity contribution in [2.24, 2.45) is 0 Å². The predicted molar refractivity (Wildman–Crippen MR) is 112 cm³/mol. The molecule has 0 saturated carbocycles. The van der Waals surface area contributed by atoms with Crippen molar-refractivity contribution in [2.45, 2.75) is 0 Å². The average molecular weight is 391 g/mol. The number of morpholine rings is 1. The molecule has 1 aliphatic heterocycles. The fraction of sp³-hybridized carbons (Fsp3) is 0.182. The summed E-state index contributed by atoms with van der Waals surface area (Å²) in [5.41, 5.74) is 4.90. The lowest BCUT2D eigenvalue weighted by Gasteiger charge is -2.29. The van der Waals surface area contributed by atoms with Crippen molar-refractivity contribution < 1.29 is 4.74 Å². The fourth-order valence-electron chi connectivity index (χ4n) is 3.55. The van der Waals surface area contributed by atoms with E-state index in [4.69, 9.17) is 21.3 Å². The Labute approximate surface area is 168 Å². The Hall–Kier alpha value is -2.89. The molecule has 0 N–H and O–H groups in total. The SMILES string of the molecule is Clc1ccc(-c2cnn3c(N4CCOCC4)cc(-c4ccccc4)nc23)cc1. The Morgan fingerprint density at radius 3 is 2.39 bits per heavy atom. The molecule has 0 unspecified atom stereocenters. The van der Waals surface area contributed by atoms with Gasteiger partial charge in [-0.15, -0.1) is 0 Å². The Morgan fingerprint density at radius 2 is 1.64 bits per heavy atom. The van der Waals surface area contributed by atoms with E-state index in [1.54, 1.807) is 0 Å². The molecule has 2 aromatic heterocycles. The lowest BCUT2D eigenvalue weighted by Crippen LogP contribution is -2.37. The van der Waals surface area contributed by atoms with E-state index in [1.165, 1.54) is 0 Å². The second kappa shape index (κ2) is 7.26. The van der Waals surface area contributed by atoms with Crippen LogP contribution in [-0.4, -0.2) is 40.9 Å². The Kier molecular flexibility index (Phi) is 4.47. The van der Waals surface area contributed by atoms with E-state index in [1.807, 2.05) is 53.2 Å². The molecule has 1 fully saturated rings. The number of aromatic nitrogens is 3. The molecule has 6 heteroatoms. The van der Waals surface area contributed by atoms with Gasteiger partial charge in [-0.2, -0.15) is 9.61 Å². The van der Waals surface area contributed by atoms with Gasteiger partial charge in [0.15, 0.2) is 5.65 Å². The molecule has 1 aliphatic rings. The maximum Gasteiger partial charge on any atom is 0.165 e. The predicted octanol–water partition coefficient (Wildman–Crippen LogP) is 4.55. The minimum atomic E-state index is 0.715. The standard InChI is InChI=1S/C22H19ClN4O/c23-18-8-6-16(7-9-18)19-15-24-27-21(26-10-12-28-13-11-26)14-20(25-22(19)27)17-4-2-1-3-5-17/h1-9,14-15H,10-13H2. The van der Waals surface area contributed by atoms with Crippen molar-refractivity contribution in [3.63, 3.8) is 0 Å². The molecule has 28 heavy (non-hydrogen) atoms. The van der Waals surface area contributed by atoms with E-state index in [2.05, 4.69) is 28.2 Å². The normalized spacial score (nSPS) is 14.5. The van der Waals surface area contributed by atoms with Crippen LogP contribution in [0.3, 0.4) is 0 Å². The van der Waals surface area contributed by atoms with Crippen LogP contribution in [0.25, 0.3) is 28.0 Å². The van der Waals surface area contributed by atoms with Crippen LogP contribution in [-0.2, 0) is 4.74 Å². The first kappa shape index (κ1) is 17.2. The summed E-state index contributed by atoms with van der Waals surface area (Å²) in [6.45, 7) is 3.11. The van der Waals surface area contributed by atoms with Gasteiger partial charge < -0.3 is 9.64 Å². The van der Waals surface area contributed by atoms with Gasteiger partial charge >= 0.3 is 0 Å². The van der Waals surface area contributed by atoms with Gasteiger partial charge in [0.2, 0.25) is 0 Å². The van der Waals surface area contributed by atoms with Gasteiger partial charge in [0.1, 0.15) is 5.82 Å². The third-order valence-corrected chi connectivity index (χ3v) is 5.26. The van der Waals surface area contributed by atoms with Crippen molar-refractivity contribution in [1.29, 1.82) is 0 Å². The topological polar surface area (TPSA) is 42.7 Å². The van der Waals surface area contributed by atoms with Crippen molar-refractivity contribution in [2.75, 3.05) is 31.2 Å². The third kappa shape index (κ3) is 3.13.